The van der Waals surface area contributed by atoms with E-state index in [1.165, 1.54) is 0 Å². The molecule has 0 saturated carbocycles. The second kappa shape index (κ2) is 5.01. The SMILES string of the molecule is Cc1cc2c(cc1C)[n+](=O)c(C#N)c(-c1ccccc1)n2[O-]. The molecule has 2 aromatic carbocycles. The molecule has 0 unspecified atom stereocenters. The molecule has 1 heterocycles. The Morgan fingerprint density at radius 3 is 2.41 bits per heavy atom. The van der Waals surface area contributed by atoms with Gasteiger partial charge in [-0.2, -0.15) is 5.26 Å². The van der Waals surface area contributed by atoms with Crippen LogP contribution in [0.3, 0.4) is 0 Å². The highest BCUT2D eigenvalue weighted by atomic mass is 16.5. The van der Waals surface area contributed by atoms with E-state index in [-0.39, 0.29) is 22.4 Å². The molecule has 3 aromatic rings. The lowest BCUT2D eigenvalue weighted by Crippen LogP contribution is -2.25. The zero-order chi connectivity index (χ0) is 15.9. The Kier molecular flexibility index (Phi) is 3.15. The van der Waals surface area contributed by atoms with E-state index < -0.39 is 0 Å². The first-order chi connectivity index (χ1) is 10.5. The van der Waals surface area contributed by atoms with E-state index in [0.29, 0.717) is 14.7 Å². The fraction of sp³-hybridized carbons (Fsp3) is 0.118. The van der Waals surface area contributed by atoms with Crippen molar-refractivity contribution in [3.63, 3.8) is 0 Å². The molecule has 108 valence electrons. The second-order valence-corrected chi connectivity index (χ2v) is 5.19. The average molecular weight is 291 g/mol. The zero-order valence-electron chi connectivity index (χ0n) is 12.2. The van der Waals surface area contributed by atoms with Gasteiger partial charge in [0.25, 0.3) is 5.52 Å². The minimum atomic E-state index is -0.197. The third-order valence-corrected chi connectivity index (χ3v) is 3.81. The molecule has 0 fully saturated rings. The van der Waals surface area contributed by atoms with Crippen LogP contribution in [0.25, 0.3) is 22.3 Å². The van der Waals surface area contributed by atoms with Crippen LogP contribution in [-0.2, 0) is 0 Å². The Morgan fingerprint density at radius 1 is 1.14 bits per heavy atom. The van der Waals surface area contributed by atoms with E-state index in [1.54, 1.807) is 36.4 Å². The number of benzene rings is 2. The average Bonchev–Trinajstić information content (AvgIpc) is 2.53. The molecule has 0 spiro atoms. The van der Waals surface area contributed by atoms with Crippen LogP contribution in [0.15, 0.2) is 42.5 Å². The van der Waals surface area contributed by atoms with Gasteiger partial charge in [0.15, 0.2) is 6.07 Å². The number of aromatic nitrogens is 2. The molecular formula is C17H13N3O2. The van der Waals surface area contributed by atoms with Crippen molar-refractivity contribution < 1.29 is 4.43 Å². The molecule has 0 atom stereocenters. The fourth-order valence-electron chi connectivity index (χ4n) is 2.49. The molecule has 3 rings (SSSR count). The largest absolute Gasteiger partial charge is 0.805 e. The highest BCUT2D eigenvalue weighted by molar-refractivity contribution is 5.79. The quantitative estimate of drug-likeness (QED) is 0.647. The van der Waals surface area contributed by atoms with Gasteiger partial charge >= 0.3 is 5.69 Å². The summed E-state index contributed by atoms with van der Waals surface area (Å²) < 4.78 is 1.21. The van der Waals surface area contributed by atoms with E-state index in [4.69, 9.17) is 0 Å². The van der Waals surface area contributed by atoms with Gasteiger partial charge in [0, 0.05) is 16.5 Å². The Balaban J connectivity index is 2.54. The molecule has 5 heteroatoms. The monoisotopic (exact) mass is 291 g/mol. The number of hydrogen-bond acceptors (Lipinski definition) is 3. The smallest absolute Gasteiger partial charge is 0.363 e. The lowest BCUT2D eigenvalue weighted by Gasteiger charge is -2.18. The summed E-state index contributed by atoms with van der Waals surface area (Å²) in [5.74, 6) is 0. The van der Waals surface area contributed by atoms with Gasteiger partial charge in [0.2, 0.25) is 0 Å². The normalized spacial score (nSPS) is 10.6. The van der Waals surface area contributed by atoms with Gasteiger partial charge in [-0.3, -0.25) is 0 Å². The van der Waals surface area contributed by atoms with E-state index in [0.717, 1.165) is 11.1 Å². The van der Waals surface area contributed by atoms with Gasteiger partial charge in [0.1, 0.15) is 11.2 Å². The summed E-state index contributed by atoms with van der Waals surface area (Å²) in [7, 11) is 0. The molecule has 22 heavy (non-hydrogen) atoms. The molecule has 5 nitrogen and oxygen atoms in total. The summed E-state index contributed by atoms with van der Waals surface area (Å²) in [6.45, 7) is 3.74. The van der Waals surface area contributed by atoms with E-state index in [2.05, 4.69) is 0 Å². The molecule has 0 aliphatic carbocycles. The second-order valence-electron chi connectivity index (χ2n) is 5.19. The maximum absolute atomic E-state index is 12.7. The number of rotatable bonds is 1. The molecule has 0 aliphatic heterocycles. The van der Waals surface area contributed by atoms with Crippen molar-refractivity contribution in [1.29, 1.82) is 5.26 Å². The summed E-state index contributed by atoms with van der Waals surface area (Å²) in [6.07, 6.45) is 0. The van der Waals surface area contributed by atoms with Gasteiger partial charge in [-0.05, 0) is 31.0 Å². The van der Waals surface area contributed by atoms with Crippen LogP contribution in [0.2, 0.25) is 0 Å². The number of fused-ring (bicyclic) bond motifs is 1. The highest BCUT2D eigenvalue weighted by Gasteiger charge is 2.23. The molecule has 0 saturated heterocycles. The summed E-state index contributed by atoms with van der Waals surface area (Å²) in [6, 6.07) is 13.9. The summed E-state index contributed by atoms with van der Waals surface area (Å²) in [5, 5.41) is 22.1. The molecule has 0 amide bonds. The lowest BCUT2D eigenvalue weighted by molar-refractivity contribution is -0.467. The zero-order valence-corrected chi connectivity index (χ0v) is 12.2. The van der Waals surface area contributed by atoms with E-state index >= 15 is 0 Å². The standard InChI is InChI=1S/C17H13N3O2/c1-11-8-14-15(9-12(11)2)20(22)17(16(10-18)19(14)21)13-6-4-3-5-7-13/h3-9H,1-2H3. The summed E-state index contributed by atoms with van der Waals surface area (Å²) in [4.78, 5) is 12.5. The molecule has 0 aliphatic rings. The van der Waals surface area contributed by atoms with Gasteiger partial charge in [-0.1, -0.05) is 30.3 Å². The summed E-state index contributed by atoms with van der Waals surface area (Å²) in [5.41, 5.74) is 2.70. The number of nitrogens with zero attached hydrogens (tertiary/aromatic N) is 3. The van der Waals surface area contributed by atoms with Crippen molar-refractivity contribution in [2.24, 2.45) is 0 Å². The Bertz CT molecular complexity index is 983. The van der Waals surface area contributed by atoms with Crippen LogP contribution in [-0.4, -0.2) is 4.73 Å². The van der Waals surface area contributed by atoms with E-state index in [1.807, 2.05) is 26.0 Å². The van der Waals surface area contributed by atoms with Crippen molar-refractivity contribution in [3.05, 3.63) is 69.4 Å². The first-order valence-electron chi connectivity index (χ1n) is 6.80. The predicted octanol–water partition coefficient (Wildman–Crippen LogP) is 3.06. The van der Waals surface area contributed by atoms with Crippen molar-refractivity contribution in [2.45, 2.75) is 13.8 Å². The topological polar surface area (TPSA) is 74.8 Å². The Hall–Kier alpha value is -3.13. The third kappa shape index (κ3) is 1.93. The van der Waals surface area contributed by atoms with Crippen LogP contribution in [0.5, 0.6) is 0 Å². The Labute approximate surface area is 126 Å². The first-order valence-corrected chi connectivity index (χ1v) is 6.80. The first kappa shape index (κ1) is 13.8. The number of aryl methyl sites for hydroxylation is 2. The van der Waals surface area contributed by atoms with Crippen molar-refractivity contribution >= 4 is 11.0 Å². The van der Waals surface area contributed by atoms with Crippen LogP contribution in [0.4, 0.5) is 0 Å². The van der Waals surface area contributed by atoms with E-state index in [9.17, 15) is 15.4 Å². The lowest BCUT2D eigenvalue weighted by atomic mass is 10.1. The van der Waals surface area contributed by atoms with Crippen molar-refractivity contribution in [1.82, 2.24) is 4.73 Å². The van der Waals surface area contributed by atoms with Crippen LogP contribution >= 0.6 is 0 Å². The van der Waals surface area contributed by atoms with Gasteiger partial charge in [-0.15, -0.1) is 0 Å². The predicted molar refractivity (Wildman–Crippen MR) is 83.7 cm³/mol. The van der Waals surface area contributed by atoms with Gasteiger partial charge < -0.3 is 9.94 Å². The fourth-order valence-corrected chi connectivity index (χ4v) is 2.49. The maximum atomic E-state index is 12.7. The minimum absolute atomic E-state index is 0.0776. The van der Waals surface area contributed by atoms with Crippen LogP contribution in [0.1, 0.15) is 16.8 Å². The minimum Gasteiger partial charge on any atom is -0.805 e. The molecule has 0 radical (unpaired) electrons. The highest BCUT2D eigenvalue weighted by Crippen LogP contribution is 2.25. The maximum Gasteiger partial charge on any atom is 0.363 e. The molecule has 0 N–H and O–H groups in total. The van der Waals surface area contributed by atoms with Crippen molar-refractivity contribution in [2.75, 3.05) is 0 Å². The summed E-state index contributed by atoms with van der Waals surface area (Å²) >= 11 is 0. The van der Waals surface area contributed by atoms with Crippen LogP contribution < -0.4 is 4.43 Å². The number of nitriles is 1. The third-order valence-electron chi connectivity index (χ3n) is 3.81. The van der Waals surface area contributed by atoms with Gasteiger partial charge in [-0.25, -0.2) is 0 Å². The molecule has 1 aromatic heterocycles. The van der Waals surface area contributed by atoms with Gasteiger partial charge in [0.05, 0.1) is 4.43 Å². The number of hydrogen-bond donors (Lipinski definition) is 0. The molecular weight excluding hydrogens is 278 g/mol. The molecule has 0 bridgehead atoms. The Morgan fingerprint density at radius 2 is 1.77 bits per heavy atom. The van der Waals surface area contributed by atoms with Crippen LogP contribution in [0, 0.1) is 35.3 Å². The van der Waals surface area contributed by atoms with Crippen molar-refractivity contribution in [3.8, 4) is 17.3 Å².